The molecule has 7 heteroatoms. The fourth-order valence-electron chi connectivity index (χ4n) is 3.22. The minimum atomic E-state index is -0.105. The molecule has 2 heterocycles. The topological polar surface area (TPSA) is 54.5 Å². The number of nitrogens with one attached hydrogen (secondary N) is 1. The number of carbonyl (C=O) groups excluding carboxylic acids is 1. The highest BCUT2D eigenvalue weighted by Crippen LogP contribution is 2.28. The van der Waals surface area contributed by atoms with Gasteiger partial charge in [0.05, 0.1) is 29.3 Å². The number of halogens is 1. The van der Waals surface area contributed by atoms with Gasteiger partial charge in [-0.25, -0.2) is 4.98 Å². The monoisotopic (exact) mass is 401 g/mol. The smallest absolute Gasteiger partial charge is 0.228 e. The number of ether oxygens (including phenoxy) is 1. The third-order valence-corrected chi connectivity index (χ3v) is 5.65. The van der Waals surface area contributed by atoms with Crippen LogP contribution in [-0.2, 0) is 16.1 Å². The number of morpholine rings is 1. The van der Waals surface area contributed by atoms with E-state index in [1.807, 2.05) is 30.3 Å². The van der Waals surface area contributed by atoms with E-state index in [9.17, 15) is 4.79 Å². The molecule has 0 radical (unpaired) electrons. The van der Waals surface area contributed by atoms with Crippen LogP contribution in [0, 0.1) is 0 Å². The fourth-order valence-corrected chi connectivity index (χ4v) is 4.38. The lowest BCUT2D eigenvalue weighted by Gasteiger charge is -2.32. The van der Waals surface area contributed by atoms with E-state index in [-0.39, 0.29) is 12.0 Å². The van der Waals surface area contributed by atoms with Gasteiger partial charge in [0.1, 0.15) is 0 Å². The number of hydrogen-bond donors (Lipinski definition) is 1. The molecule has 5 nitrogen and oxygen atoms in total. The van der Waals surface area contributed by atoms with Crippen molar-refractivity contribution in [2.75, 3.05) is 25.0 Å². The molecule has 2 aromatic carbocycles. The van der Waals surface area contributed by atoms with E-state index in [0.29, 0.717) is 23.2 Å². The number of nitrogens with zero attached hydrogens (tertiary/aromatic N) is 2. The second-order valence-corrected chi connectivity index (χ2v) is 8.06. The number of amides is 1. The van der Waals surface area contributed by atoms with E-state index in [4.69, 9.17) is 16.3 Å². The van der Waals surface area contributed by atoms with Crippen LogP contribution in [-0.4, -0.2) is 41.6 Å². The molecule has 27 heavy (non-hydrogen) atoms. The zero-order valence-electron chi connectivity index (χ0n) is 14.7. The molecule has 1 fully saturated rings. The Morgan fingerprint density at radius 1 is 1.30 bits per heavy atom. The molecular weight excluding hydrogens is 382 g/mol. The van der Waals surface area contributed by atoms with Gasteiger partial charge in [-0.3, -0.25) is 9.69 Å². The summed E-state index contributed by atoms with van der Waals surface area (Å²) in [7, 11) is 0. The molecule has 3 aromatic rings. The molecule has 1 amide bonds. The summed E-state index contributed by atoms with van der Waals surface area (Å²) < 4.78 is 6.75. The fraction of sp³-hybridized carbons (Fsp3) is 0.300. The van der Waals surface area contributed by atoms with E-state index in [1.54, 1.807) is 6.07 Å². The van der Waals surface area contributed by atoms with Crippen molar-refractivity contribution in [1.82, 2.24) is 9.88 Å². The maximum absolute atomic E-state index is 12.4. The second-order valence-electron chi connectivity index (χ2n) is 6.60. The first-order chi connectivity index (χ1) is 13.2. The minimum Gasteiger partial charge on any atom is -0.375 e. The Labute approximate surface area is 166 Å². The van der Waals surface area contributed by atoms with Gasteiger partial charge in [0.25, 0.3) is 0 Å². The summed E-state index contributed by atoms with van der Waals surface area (Å²) in [5, 5.41) is 4.15. The largest absolute Gasteiger partial charge is 0.375 e. The first kappa shape index (κ1) is 18.4. The summed E-state index contributed by atoms with van der Waals surface area (Å²) in [6.07, 6.45) is 0.216. The van der Waals surface area contributed by atoms with E-state index < -0.39 is 0 Å². The summed E-state index contributed by atoms with van der Waals surface area (Å²) in [6, 6.07) is 15.9. The highest BCUT2D eigenvalue weighted by molar-refractivity contribution is 7.22. The van der Waals surface area contributed by atoms with Crippen LogP contribution in [0.2, 0.25) is 5.02 Å². The van der Waals surface area contributed by atoms with Gasteiger partial charge in [-0.2, -0.15) is 0 Å². The quantitative estimate of drug-likeness (QED) is 0.696. The molecule has 0 aliphatic carbocycles. The molecule has 1 aromatic heterocycles. The van der Waals surface area contributed by atoms with Gasteiger partial charge in [0.2, 0.25) is 5.91 Å². The van der Waals surface area contributed by atoms with Crippen LogP contribution in [0.25, 0.3) is 10.2 Å². The van der Waals surface area contributed by atoms with Gasteiger partial charge in [0, 0.05) is 24.7 Å². The molecule has 1 unspecified atom stereocenters. The standard InChI is InChI=1S/C20H20ClN3O2S/c21-15-6-7-17-18(10-15)27-20(22-17)23-19(25)11-16-13-24(8-9-26-16)12-14-4-2-1-3-5-14/h1-7,10,16H,8-9,11-13H2,(H,22,23,25). The summed E-state index contributed by atoms with van der Waals surface area (Å²) in [6.45, 7) is 3.15. The first-order valence-electron chi connectivity index (χ1n) is 8.89. The van der Waals surface area contributed by atoms with Gasteiger partial charge < -0.3 is 10.1 Å². The number of hydrogen-bond acceptors (Lipinski definition) is 5. The number of aromatic nitrogens is 1. The third-order valence-electron chi connectivity index (χ3n) is 4.48. The lowest BCUT2D eigenvalue weighted by Crippen LogP contribution is -2.43. The number of thiazole rings is 1. The van der Waals surface area contributed by atoms with E-state index >= 15 is 0 Å². The third kappa shape index (κ3) is 4.84. The molecule has 1 aliphatic rings. The van der Waals surface area contributed by atoms with E-state index in [1.165, 1.54) is 16.9 Å². The summed E-state index contributed by atoms with van der Waals surface area (Å²) in [5.74, 6) is -0.0771. The van der Waals surface area contributed by atoms with Gasteiger partial charge >= 0.3 is 0 Å². The molecule has 1 N–H and O–H groups in total. The molecule has 1 saturated heterocycles. The van der Waals surface area contributed by atoms with Crippen molar-refractivity contribution in [3.05, 3.63) is 59.1 Å². The maximum atomic E-state index is 12.4. The highest BCUT2D eigenvalue weighted by Gasteiger charge is 2.23. The van der Waals surface area contributed by atoms with Crippen LogP contribution >= 0.6 is 22.9 Å². The number of carbonyl (C=O) groups is 1. The van der Waals surface area contributed by atoms with Crippen molar-refractivity contribution in [3.63, 3.8) is 0 Å². The number of benzene rings is 2. The van der Waals surface area contributed by atoms with E-state index in [0.717, 1.165) is 29.9 Å². The summed E-state index contributed by atoms with van der Waals surface area (Å²) >= 11 is 7.43. The lowest BCUT2D eigenvalue weighted by molar-refractivity contribution is -0.121. The lowest BCUT2D eigenvalue weighted by atomic mass is 10.1. The van der Waals surface area contributed by atoms with E-state index in [2.05, 4.69) is 27.3 Å². The molecule has 140 valence electrons. The number of fused-ring (bicyclic) bond motifs is 1. The molecule has 0 spiro atoms. The molecule has 0 saturated carbocycles. The molecular formula is C20H20ClN3O2S. The Morgan fingerprint density at radius 2 is 2.15 bits per heavy atom. The van der Waals surface area contributed by atoms with Crippen molar-refractivity contribution in [1.29, 1.82) is 0 Å². The Kier molecular flexibility index (Phi) is 5.69. The van der Waals surface area contributed by atoms with Crippen LogP contribution in [0.5, 0.6) is 0 Å². The Morgan fingerprint density at radius 3 is 3.00 bits per heavy atom. The van der Waals surface area contributed by atoms with Gasteiger partial charge in [-0.05, 0) is 23.8 Å². The van der Waals surface area contributed by atoms with Crippen LogP contribution in [0.4, 0.5) is 5.13 Å². The van der Waals surface area contributed by atoms with Gasteiger partial charge in [-0.1, -0.05) is 53.3 Å². The molecule has 0 bridgehead atoms. The molecule has 1 aliphatic heterocycles. The second kappa shape index (κ2) is 8.35. The number of rotatable bonds is 5. The predicted molar refractivity (Wildman–Crippen MR) is 109 cm³/mol. The minimum absolute atomic E-state index is 0.0771. The van der Waals surface area contributed by atoms with Crippen LogP contribution in [0.15, 0.2) is 48.5 Å². The molecule has 1 atom stereocenters. The average molecular weight is 402 g/mol. The Balaban J connectivity index is 1.33. The summed E-state index contributed by atoms with van der Waals surface area (Å²) in [5.41, 5.74) is 2.11. The van der Waals surface area contributed by atoms with Crippen LogP contribution < -0.4 is 5.32 Å². The van der Waals surface area contributed by atoms with Crippen LogP contribution in [0.1, 0.15) is 12.0 Å². The maximum Gasteiger partial charge on any atom is 0.228 e. The van der Waals surface area contributed by atoms with Crippen molar-refractivity contribution in [2.45, 2.75) is 19.1 Å². The number of anilines is 1. The van der Waals surface area contributed by atoms with Crippen molar-refractivity contribution < 1.29 is 9.53 Å². The normalized spacial score (nSPS) is 17.9. The summed E-state index contributed by atoms with van der Waals surface area (Å²) in [4.78, 5) is 19.2. The Bertz CT molecular complexity index is 931. The zero-order valence-corrected chi connectivity index (χ0v) is 16.3. The van der Waals surface area contributed by atoms with Crippen molar-refractivity contribution in [3.8, 4) is 0 Å². The first-order valence-corrected chi connectivity index (χ1v) is 10.1. The van der Waals surface area contributed by atoms with Gasteiger partial charge in [0.15, 0.2) is 5.13 Å². The Hall–Kier alpha value is -1.99. The van der Waals surface area contributed by atoms with Gasteiger partial charge in [-0.15, -0.1) is 0 Å². The van der Waals surface area contributed by atoms with Crippen molar-refractivity contribution in [2.24, 2.45) is 0 Å². The SMILES string of the molecule is O=C(CC1CN(Cc2ccccc2)CCO1)Nc1nc2ccc(Cl)cc2s1. The van der Waals surface area contributed by atoms with Crippen molar-refractivity contribution >= 4 is 44.2 Å². The predicted octanol–water partition coefficient (Wildman–Crippen LogP) is 4.18. The zero-order chi connectivity index (χ0) is 18.6. The average Bonchev–Trinajstić information content (AvgIpc) is 3.04. The molecule has 4 rings (SSSR count). The highest BCUT2D eigenvalue weighted by atomic mass is 35.5. The van der Waals surface area contributed by atoms with Crippen LogP contribution in [0.3, 0.4) is 0 Å².